The second kappa shape index (κ2) is 4.97. The Morgan fingerprint density at radius 3 is 2.37 bits per heavy atom. The standard InChI is InChI=1S/C12H13N3O4/c1-8-11(15(16)17)12(14(2)13-8)19-10-6-4-9(18-3)5-7-10/h4-7H,1-3H3. The number of aromatic nitrogens is 2. The summed E-state index contributed by atoms with van der Waals surface area (Å²) < 4.78 is 11.9. The second-order valence-corrected chi connectivity index (χ2v) is 3.90. The Bertz CT molecular complexity index is 604. The molecule has 0 bridgehead atoms. The van der Waals surface area contributed by atoms with E-state index >= 15 is 0 Å². The molecule has 1 aromatic heterocycles. The van der Waals surface area contributed by atoms with Crippen molar-refractivity contribution < 1.29 is 14.4 Å². The summed E-state index contributed by atoms with van der Waals surface area (Å²) in [6.07, 6.45) is 0. The minimum Gasteiger partial charge on any atom is -0.497 e. The number of nitro groups is 1. The molecule has 0 aliphatic heterocycles. The van der Waals surface area contributed by atoms with Crippen LogP contribution in [0.2, 0.25) is 0 Å². The predicted octanol–water partition coefficient (Wildman–Crippen LogP) is 2.44. The number of benzene rings is 1. The van der Waals surface area contributed by atoms with Crippen LogP contribution in [0.5, 0.6) is 17.4 Å². The van der Waals surface area contributed by atoms with E-state index in [1.165, 1.54) is 4.68 Å². The van der Waals surface area contributed by atoms with Gasteiger partial charge in [-0.25, -0.2) is 4.68 Å². The van der Waals surface area contributed by atoms with Crippen molar-refractivity contribution in [3.05, 3.63) is 40.1 Å². The van der Waals surface area contributed by atoms with Crippen molar-refractivity contribution in [1.29, 1.82) is 0 Å². The maximum absolute atomic E-state index is 11.0. The van der Waals surface area contributed by atoms with E-state index in [-0.39, 0.29) is 11.6 Å². The first-order chi connectivity index (χ1) is 9.02. The molecule has 1 aromatic carbocycles. The van der Waals surface area contributed by atoms with Gasteiger partial charge in [0.15, 0.2) is 0 Å². The van der Waals surface area contributed by atoms with Crippen LogP contribution in [0.15, 0.2) is 24.3 Å². The molecule has 0 spiro atoms. The molecule has 2 rings (SSSR count). The van der Waals surface area contributed by atoms with Gasteiger partial charge in [0.1, 0.15) is 17.2 Å². The fraction of sp³-hybridized carbons (Fsp3) is 0.250. The molecule has 0 atom stereocenters. The lowest BCUT2D eigenvalue weighted by Crippen LogP contribution is -1.97. The average Bonchev–Trinajstić information content (AvgIpc) is 2.65. The van der Waals surface area contributed by atoms with E-state index in [0.29, 0.717) is 17.2 Å². The van der Waals surface area contributed by atoms with Crippen LogP contribution in [-0.2, 0) is 7.05 Å². The minimum absolute atomic E-state index is 0.104. The minimum atomic E-state index is -0.499. The normalized spacial score (nSPS) is 10.3. The zero-order valence-corrected chi connectivity index (χ0v) is 10.8. The van der Waals surface area contributed by atoms with Gasteiger partial charge in [0.2, 0.25) is 0 Å². The molecule has 0 saturated carbocycles. The van der Waals surface area contributed by atoms with E-state index in [9.17, 15) is 10.1 Å². The smallest absolute Gasteiger partial charge is 0.353 e. The molecule has 0 radical (unpaired) electrons. The molecule has 7 nitrogen and oxygen atoms in total. The van der Waals surface area contributed by atoms with E-state index in [0.717, 1.165) is 0 Å². The summed E-state index contributed by atoms with van der Waals surface area (Å²) in [5, 5.41) is 15.0. The Kier molecular flexibility index (Phi) is 3.37. The first kappa shape index (κ1) is 12.9. The molecular formula is C12H13N3O4. The third kappa shape index (κ3) is 2.49. The Morgan fingerprint density at radius 1 is 1.26 bits per heavy atom. The van der Waals surface area contributed by atoms with Crippen LogP contribution >= 0.6 is 0 Å². The number of rotatable bonds is 4. The van der Waals surface area contributed by atoms with Crippen LogP contribution in [0.1, 0.15) is 5.69 Å². The van der Waals surface area contributed by atoms with Crippen LogP contribution in [0.3, 0.4) is 0 Å². The molecule has 7 heteroatoms. The molecule has 0 aliphatic rings. The summed E-state index contributed by atoms with van der Waals surface area (Å²) in [5.41, 5.74) is 0.189. The van der Waals surface area contributed by atoms with E-state index < -0.39 is 4.92 Å². The number of nitrogens with zero attached hydrogens (tertiary/aromatic N) is 3. The molecule has 19 heavy (non-hydrogen) atoms. The fourth-order valence-electron chi connectivity index (χ4n) is 1.71. The molecule has 0 unspecified atom stereocenters. The number of hydrogen-bond acceptors (Lipinski definition) is 5. The van der Waals surface area contributed by atoms with E-state index in [1.54, 1.807) is 45.3 Å². The Labute approximate surface area is 109 Å². The fourth-order valence-corrected chi connectivity index (χ4v) is 1.71. The number of aryl methyl sites for hydroxylation is 2. The summed E-state index contributed by atoms with van der Waals surface area (Å²) in [6, 6.07) is 6.77. The summed E-state index contributed by atoms with van der Waals surface area (Å²) >= 11 is 0. The topological polar surface area (TPSA) is 79.4 Å². The first-order valence-electron chi connectivity index (χ1n) is 5.53. The molecule has 0 saturated heterocycles. The highest BCUT2D eigenvalue weighted by Crippen LogP contribution is 2.33. The third-order valence-electron chi connectivity index (χ3n) is 2.60. The SMILES string of the molecule is COc1ccc(Oc2c([N+](=O)[O-])c(C)nn2C)cc1. The summed E-state index contributed by atoms with van der Waals surface area (Å²) in [7, 11) is 3.16. The molecule has 0 amide bonds. The molecule has 0 fully saturated rings. The summed E-state index contributed by atoms with van der Waals surface area (Å²) in [5.74, 6) is 1.27. The van der Waals surface area contributed by atoms with Gasteiger partial charge in [0, 0.05) is 7.05 Å². The first-order valence-corrected chi connectivity index (χ1v) is 5.53. The second-order valence-electron chi connectivity index (χ2n) is 3.90. The lowest BCUT2D eigenvalue weighted by Gasteiger charge is -2.06. The van der Waals surface area contributed by atoms with Gasteiger partial charge in [-0.2, -0.15) is 5.10 Å². The largest absolute Gasteiger partial charge is 0.497 e. The number of ether oxygens (including phenoxy) is 2. The molecule has 100 valence electrons. The van der Waals surface area contributed by atoms with Crippen molar-refractivity contribution in [2.24, 2.45) is 7.05 Å². The zero-order valence-electron chi connectivity index (χ0n) is 10.8. The van der Waals surface area contributed by atoms with Gasteiger partial charge in [-0.15, -0.1) is 0 Å². The van der Waals surface area contributed by atoms with Crippen molar-refractivity contribution in [3.8, 4) is 17.4 Å². The Hall–Kier alpha value is -2.57. The quantitative estimate of drug-likeness (QED) is 0.625. The monoisotopic (exact) mass is 263 g/mol. The van der Waals surface area contributed by atoms with E-state index in [1.807, 2.05) is 0 Å². The molecule has 1 heterocycles. The lowest BCUT2D eigenvalue weighted by atomic mass is 10.3. The van der Waals surface area contributed by atoms with Crippen molar-refractivity contribution in [2.75, 3.05) is 7.11 Å². The number of methoxy groups -OCH3 is 1. The maximum atomic E-state index is 11.0. The molecule has 0 aliphatic carbocycles. The van der Waals surface area contributed by atoms with Gasteiger partial charge in [-0.1, -0.05) is 0 Å². The van der Waals surface area contributed by atoms with Crippen molar-refractivity contribution >= 4 is 5.69 Å². The highest BCUT2D eigenvalue weighted by molar-refractivity contribution is 5.48. The van der Waals surface area contributed by atoms with Gasteiger partial charge < -0.3 is 9.47 Å². The highest BCUT2D eigenvalue weighted by atomic mass is 16.6. The highest BCUT2D eigenvalue weighted by Gasteiger charge is 2.26. The summed E-state index contributed by atoms with van der Waals surface area (Å²) in [4.78, 5) is 10.5. The maximum Gasteiger partial charge on any atom is 0.353 e. The van der Waals surface area contributed by atoms with Crippen LogP contribution in [0, 0.1) is 17.0 Å². The van der Waals surface area contributed by atoms with Crippen molar-refractivity contribution in [2.45, 2.75) is 6.92 Å². The molecule has 2 aromatic rings. The van der Waals surface area contributed by atoms with Crippen LogP contribution in [0.4, 0.5) is 5.69 Å². The Balaban J connectivity index is 2.34. The van der Waals surface area contributed by atoms with Crippen molar-refractivity contribution in [3.63, 3.8) is 0 Å². The van der Waals surface area contributed by atoms with Gasteiger partial charge in [-0.3, -0.25) is 10.1 Å². The van der Waals surface area contributed by atoms with Gasteiger partial charge >= 0.3 is 5.69 Å². The van der Waals surface area contributed by atoms with Gasteiger partial charge in [0.05, 0.1) is 12.0 Å². The van der Waals surface area contributed by atoms with Crippen molar-refractivity contribution in [1.82, 2.24) is 9.78 Å². The average molecular weight is 263 g/mol. The Morgan fingerprint density at radius 2 is 1.84 bits per heavy atom. The van der Waals surface area contributed by atoms with Crippen LogP contribution in [0.25, 0.3) is 0 Å². The molecular weight excluding hydrogens is 250 g/mol. The summed E-state index contributed by atoms with van der Waals surface area (Å²) in [6.45, 7) is 1.57. The van der Waals surface area contributed by atoms with Gasteiger partial charge in [0.25, 0.3) is 5.88 Å². The zero-order chi connectivity index (χ0) is 14.0. The van der Waals surface area contributed by atoms with Crippen LogP contribution < -0.4 is 9.47 Å². The van der Waals surface area contributed by atoms with E-state index in [2.05, 4.69) is 5.10 Å². The third-order valence-corrected chi connectivity index (χ3v) is 2.60. The van der Waals surface area contributed by atoms with E-state index in [4.69, 9.17) is 9.47 Å². The lowest BCUT2D eigenvalue weighted by molar-refractivity contribution is -0.386. The van der Waals surface area contributed by atoms with Crippen LogP contribution in [-0.4, -0.2) is 21.8 Å². The predicted molar refractivity (Wildman–Crippen MR) is 67.7 cm³/mol. The molecule has 0 N–H and O–H groups in total. The number of hydrogen-bond donors (Lipinski definition) is 0. The van der Waals surface area contributed by atoms with Gasteiger partial charge in [-0.05, 0) is 31.2 Å².